The highest BCUT2D eigenvalue weighted by molar-refractivity contribution is 5.85. The standard InChI is InChI=1S/C23H30N2O3.ClH/c1-2-24-16-19-12-14-25(15-13-19)23(26)18-28-22-11-7-6-10-21(22)27-17-20-8-4-3-5-9-20;/h3-11,19,24H,2,12-18H2,1H3;1H. The monoisotopic (exact) mass is 418 g/mol. The summed E-state index contributed by atoms with van der Waals surface area (Å²) in [7, 11) is 0. The van der Waals surface area contributed by atoms with E-state index in [1.807, 2.05) is 59.5 Å². The summed E-state index contributed by atoms with van der Waals surface area (Å²) >= 11 is 0. The Labute approximate surface area is 179 Å². The number of benzene rings is 2. The highest BCUT2D eigenvalue weighted by Crippen LogP contribution is 2.27. The second kappa shape index (κ2) is 12.3. The van der Waals surface area contributed by atoms with E-state index in [1.54, 1.807) is 0 Å². The molecule has 1 aliphatic heterocycles. The first-order chi connectivity index (χ1) is 13.8. The highest BCUT2D eigenvalue weighted by Gasteiger charge is 2.23. The van der Waals surface area contributed by atoms with Gasteiger partial charge in [-0.2, -0.15) is 0 Å². The van der Waals surface area contributed by atoms with Crippen LogP contribution < -0.4 is 14.8 Å². The number of carbonyl (C=O) groups excluding carboxylic acids is 1. The van der Waals surface area contributed by atoms with Crippen LogP contribution in [0.4, 0.5) is 0 Å². The Morgan fingerprint density at radius 2 is 1.62 bits per heavy atom. The van der Waals surface area contributed by atoms with Crippen molar-refractivity contribution < 1.29 is 14.3 Å². The molecule has 1 amide bonds. The van der Waals surface area contributed by atoms with Crippen molar-refractivity contribution in [2.45, 2.75) is 26.4 Å². The largest absolute Gasteiger partial charge is 0.485 e. The molecule has 0 unspecified atom stereocenters. The molecule has 29 heavy (non-hydrogen) atoms. The minimum absolute atomic E-state index is 0. The van der Waals surface area contributed by atoms with Crippen LogP contribution in [0.25, 0.3) is 0 Å². The van der Waals surface area contributed by atoms with Crippen molar-refractivity contribution in [2.24, 2.45) is 5.92 Å². The van der Waals surface area contributed by atoms with Gasteiger partial charge in [0, 0.05) is 13.1 Å². The zero-order valence-corrected chi connectivity index (χ0v) is 17.8. The second-order valence-electron chi connectivity index (χ2n) is 7.14. The summed E-state index contributed by atoms with van der Waals surface area (Å²) in [6.45, 7) is 6.30. The summed E-state index contributed by atoms with van der Waals surface area (Å²) < 4.78 is 11.7. The maximum absolute atomic E-state index is 12.5. The normalized spacial score (nSPS) is 14.2. The molecule has 0 radical (unpaired) electrons. The SMILES string of the molecule is CCNCC1CCN(C(=O)COc2ccccc2OCc2ccccc2)CC1.Cl. The number of amides is 1. The zero-order chi connectivity index (χ0) is 19.6. The Bertz CT molecular complexity index is 734. The van der Waals surface area contributed by atoms with Crippen molar-refractivity contribution in [1.82, 2.24) is 10.2 Å². The van der Waals surface area contributed by atoms with Gasteiger partial charge >= 0.3 is 0 Å². The van der Waals surface area contributed by atoms with Gasteiger partial charge in [-0.3, -0.25) is 4.79 Å². The Kier molecular flexibility index (Phi) is 9.81. The topological polar surface area (TPSA) is 50.8 Å². The number of ether oxygens (including phenoxy) is 2. The van der Waals surface area contributed by atoms with Gasteiger partial charge in [-0.15, -0.1) is 12.4 Å². The lowest BCUT2D eigenvalue weighted by atomic mass is 9.97. The Hall–Kier alpha value is -2.24. The molecule has 0 atom stereocenters. The molecule has 2 aromatic rings. The summed E-state index contributed by atoms with van der Waals surface area (Å²) in [5.41, 5.74) is 1.09. The fraction of sp³-hybridized carbons (Fsp3) is 0.435. The molecule has 1 saturated heterocycles. The molecule has 6 heteroatoms. The van der Waals surface area contributed by atoms with Crippen molar-refractivity contribution in [3.05, 3.63) is 60.2 Å². The van der Waals surface area contributed by atoms with Crippen molar-refractivity contribution in [3.63, 3.8) is 0 Å². The quantitative estimate of drug-likeness (QED) is 0.670. The van der Waals surface area contributed by atoms with Gasteiger partial charge in [0.05, 0.1) is 0 Å². The first-order valence-corrected chi connectivity index (χ1v) is 10.1. The number of rotatable bonds is 9. The number of hydrogen-bond acceptors (Lipinski definition) is 4. The molecular weight excluding hydrogens is 388 g/mol. The lowest BCUT2D eigenvalue weighted by Gasteiger charge is -2.32. The van der Waals surface area contributed by atoms with Gasteiger partial charge in [-0.25, -0.2) is 0 Å². The van der Waals surface area contributed by atoms with Gasteiger partial charge in [-0.1, -0.05) is 49.4 Å². The summed E-state index contributed by atoms with van der Waals surface area (Å²) in [6, 6.07) is 17.5. The number of hydrogen-bond donors (Lipinski definition) is 1. The number of halogens is 1. The first kappa shape index (κ1) is 23.0. The molecular formula is C23H31ClN2O3. The van der Waals surface area contributed by atoms with Crippen LogP contribution in [0.15, 0.2) is 54.6 Å². The minimum Gasteiger partial charge on any atom is -0.485 e. The molecule has 5 nitrogen and oxygen atoms in total. The van der Waals surface area contributed by atoms with Crippen LogP contribution in [-0.4, -0.2) is 43.6 Å². The third-order valence-corrected chi connectivity index (χ3v) is 5.09. The minimum atomic E-state index is 0. The van der Waals surface area contributed by atoms with Crippen molar-refractivity contribution in [3.8, 4) is 11.5 Å². The third kappa shape index (κ3) is 7.26. The molecule has 1 fully saturated rings. The van der Waals surface area contributed by atoms with Gasteiger partial charge in [0.25, 0.3) is 5.91 Å². The van der Waals surface area contributed by atoms with E-state index in [0.29, 0.717) is 24.0 Å². The number of nitrogens with zero attached hydrogens (tertiary/aromatic N) is 1. The van der Waals surface area contributed by atoms with Crippen molar-refractivity contribution >= 4 is 18.3 Å². The summed E-state index contributed by atoms with van der Waals surface area (Å²) in [6.07, 6.45) is 2.10. The molecule has 1 heterocycles. The summed E-state index contributed by atoms with van der Waals surface area (Å²) in [5.74, 6) is 1.97. The lowest BCUT2D eigenvalue weighted by molar-refractivity contribution is -0.134. The predicted octanol–water partition coefficient (Wildman–Crippen LogP) is 3.91. The Balaban J connectivity index is 0.00000300. The maximum atomic E-state index is 12.5. The van der Waals surface area contributed by atoms with Crippen LogP contribution in [0, 0.1) is 5.92 Å². The first-order valence-electron chi connectivity index (χ1n) is 10.1. The van der Waals surface area contributed by atoms with Crippen molar-refractivity contribution in [2.75, 3.05) is 32.8 Å². The number of carbonyl (C=O) groups is 1. The van der Waals surface area contributed by atoms with Crippen LogP contribution in [0.5, 0.6) is 11.5 Å². The third-order valence-electron chi connectivity index (χ3n) is 5.09. The fourth-order valence-electron chi connectivity index (χ4n) is 3.39. The van der Waals surface area contributed by atoms with E-state index in [9.17, 15) is 4.79 Å². The average molecular weight is 419 g/mol. The van der Waals surface area contributed by atoms with Crippen LogP contribution in [0.2, 0.25) is 0 Å². The molecule has 0 bridgehead atoms. The summed E-state index contributed by atoms with van der Waals surface area (Å²) in [5, 5.41) is 3.40. The van der Waals surface area contributed by atoms with E-state index >= 15 is 0 Å². The summed E-state index contributed by atoms with van der Waals surface area (Å²) in [4.78, 5) is 14.4. The van der Waals surface area contributed by atoms with Gasteiger partial charge < -0.3 is 19.7 Å². The molecule has 0 aromatic heterocycles. The fourth-order valence-corrected chi connectivity index (χ4v) is 3.39. The van der Waals surface area contributed by atoms with Crippen molar-refractivity contribution in [1.29, 1.82) is 0 Å². The number of likely N-dealkylation sites (tertiary alicyclic amines) is 1. The molecule has 0 saturated carbocycles. The van der Waals surface area contributed by atoms with E-state index in [0.717, 1.165) is 44.6 Å². The van der Waals surface area contributed by atoms with E-state index < -0.39 is 0 Å². The van der Waals surface area contributed by atoms with E-state index in [1.165, 1.54) is 0 Å². The van der Waals surface area contributed by atoms with Crippen LogP contribution in [0.1, 0.15) is 25.3 Å². The van der Waals surface area contributed by atoms with Crippen LogP contribution >= 0.6 is 12.4 Å². The van der Waals surface area contributed by atoms with E-state index in [2.05, 4.69) is 12.2 Å². The van der Waals surface area contributed by atoms with Gasteiger partial charge in [-0.05, 0) is 49.5 Å². The molecule has 0 spiro atoms. The van der Waals surface area contributed by atoms with Gasteiger partial charge in [0.1, 0.15) is 6.61 Å². The van der Waals surface area contributed by atoms with Crippen LogP contribution in [0.3, 0.4) is 0 Å². The average Bonchev–Trinajstić information content (AvgIpc) is 2.76. The van der Waals surface area contributed by atoms with Gasteiger partial charge in [0.2, 0.25) is 0 Å². The lowest BCUT2D eigenvalue weighted by Crippen LogP contribution is -2.42. The number of piperidine rings is 1. The van der Waals surface area contributed by atoms with Crippen LogP contribution in [-0.2, 0) is 11.4 Å². The molecule has 3 rings (SSSR count). The molecule has 2 aromatic carbocycles. The molecule has 0 aliphatic carbocycles. The van der Waals surface area contributed by atoms with E-state index in [4.69, 9.17) is 9.47 Å². The second-order valence-corrected chi connectivity index (χ2v) is 7.14. The molecule has 1 aliphatic rings. The Morgan fingerprint density at radius 1 is 1.00 bits per heavy atom. The van der Waals surface area contributed by atoms with E-state index in [-0.39, 0.29) is 24.9 Å². The number of para-hydroxylation sites is 2. The number of nitrogens with one attached hydrogen (secondary N) is 1. The van der Waals surface area contributed by atoms with Gasteiger partial charge in [0.15, 0.2) is 18.1 Å². The molecule has 158 valence electrons. The zero-order valence-electron chi connectivity index (χ0n) is 17.0. The Morgan fingerprint density at radius 3 is 2.28 bits per heavy atom. The molecule has 1 N–H and O–H groups in total. The maximum Gasteiger partial charge on any atom is 0.260 e. The smallest absolute Gasteiger partial charge is 0.260 e. The predicted molar refractivity (Wildman–Crippen MR) is 118 cm³/mol. The highest BCUT2D eigenvalue weighted by atomic mass is 35.5.